The molecule has 0 bridgehead atoms. The molecule has 2 aromatic rings. The van der Waals surface area contributed by atoms with Gasteiger partial charge >= 0.3 is 6.09 Å². The van der Waals surface area contributed by atoms with Gasteiger partial charge in [-0.3, -0.25) is 4.84 Å². The van der Waals surface area contributed by atoms with Crippen LogP contribution in [0.5, 0.6) is 5.75 Å². The molecule has 10 heteroatoms. The summed E-state index contributed by atoms with van der Waals surface area (Å²) in [5.74, 6) is 1.00. The van der Waals surface area contributed by atoms with E-state index >= 15 is 0 Å². The molecule has 174 valence electrons. The van der Waals surface area contributed by atoms with Crippen LogP contribution in [0.25, 0.3) is 11.1 Å². The molecule has 1 N–H and O–H groups in total. The van der Waals surface area contributed by atoms with Crippen LogP contribution in [0.1, 0.15) is 27.7 Å². The lowest BCUT2D eigenvalue weighted by molar-refractivity contribution is 0.153. The van der Waals surface area contributed by atoms with Gasteiger partial charge < -0.3 is 10.1 Å². The number of nitrogens with zero attached hydrogens (tertiary/aromatic N) is 2. The Balaban J connectivity index is 1.89. The monoisotopic (exact) mass is 511 g/mol. The van der Waals surface area contributed by atoms with Crippen LogP contribution < -0.4 is 10.1 Å². The van der Waals surface area contributed by atoms with E-state index in [0.717, 1.165) is 11.3 Å². The van der Waals surface area contributed by atoms with Gasteiger partial charge in [0, 0.05) is 6.04 Å². The van der Waals surface area contributed by atoms with Gasteiger partial charge in [0.2, 0.25) is 0 Å². The summed E-state index contributed by atoms with van der Waals surface area (Å²) in [7, 11) is 0. The van der Waals surface area contributed by atoms with E-state index in [1.807, 2.05) is 43.5 Å². The van der Waals surface area contributed by atoms with Gasteiger partial charge in [0.25, 0.3) is 0 Å². The first-order valence-electron chi connectivity index (χ1n) is 10.1. The number of rotatable bonds is 10. The minimum absolute atomic E-state index is 0.131. The number of oxime groups is 1. The largest absolute Gasteiger partial charge is 0.484 e. The Kier molecular flexibility index (Phi) is 11.6. The zero-order valence-electron chi connectivity index (χ0n) is 18.9. The van der Waals surface area contributed by atoms with Crippen LogP contribution in [0.3, 0.4) is 0 Å². The van der Waals surface area contributed by atoms with Gasteiger partial charge in [-0.05, 0) is 57.2 Å². The highest BCUT2D eigenvalue weighted by Gasteiger charge is 2.21. The van der Waals surface area contributed by atoms with Crippen molar-refractivity contribution in [2.45, 2.75) is 39.6 Å². The molecule has 2 unspecified atom stereocenters. The van der Waals surface area contributed by atoms with Gasteiger partial charge in [0.05, 0.1) is 12.7 Å². The molecule has 0 radical (unpaired) electrons. The van der Waals surface area contributed by atoms with E-state index in [4.69, 9.17) is 21.4 Å². The molecule has 32 heavy (non-hydrogen) atoms. The number of benzene rings is 2. The van der Waals surface area contributed by atoms with Gasteiger partial charge in [0.1, 0.15) is 16.6 Å². The van der Waals surface area contributed by atoms with Crippen LogP contribution in [0.4, 0.5) is 4.79 Å². The fourth-order valence-electron chi connectivity index (χ4n) is 2.59. The van der Waals surface area contributed by atoms with E-state index < -0.39 is 12.9 Å². The van der Waals surface area contributed by atoms with Crippen molar-refractivity contribution >= 4 is 53.5 Å². The normalized spacial score (nSPS) is 13.7. The van der Waals surface area contributed by atoms with E-state index in [0.29, 0.717) is 10.9 Å². The second-order valence-corrected chi connectivity index (χ2v) is 12.5. The van der Waals surface area contributed by atoms with E-state index in [2.05, 4.69) is 52.7 Å². The smallest absolute Gasteiger partial charge is 0.434 e. The number of amides is 1. The molecule has 0 spiro atoms. The van der Waals surface area contributed by atoms with E-state index in [1.165, 1.54) is 29.3 Å². The molecule has 6 nitrogen and oxygen atoms in total. The third-order valence-corrected chi connectivity index (χ3v) is 10.6. The minimum atomic E-state index is -1.46. The molecule has 2 aromatic carbocycles. The average Bonchev–Trinajstić information content (AvgIpc) is 2.80. The fraction of sp³-hybridized carbons (Fsp3) is 0.364. The van der Waals surface area contributed by atoms with Gasteiger partial charge in [-0.1, -0.05) is 71.4 Å². The molecule has 2 rings (SSSR count). The Morgan fingerprint density at radius 3 is 2.34 bits per heavy atom. The number of nitrogens with one attached hydrogen (secondary N) is 1. The van der Waals surface area contributed by atoms with E-state index in [-0.39, 0.29) is 11.9 Å². The maximum Gasteiger partial charge on any atom is 0.434 e. The summed E-state index contributed by atoms with van der Waals surface area (Å²) >= 11 is 8.74. The first kappa shape index (κ1) is 26.7. The highest BCUT2D eigenvalue weighted by Crippen LogP contribution is 2.41. The molecule has 2 atom stereocenters. The second-order valence-electron chi connectivity index (χ2n) is 7.05. The summed E-state index contributed by atoms with van der Waals surface area (Å²) in [5, 5.41) is 7.08. The molecule has 0 saturated carbocycles. The highest BCUT2D eigenvalue weighted by atomic mass is 32.4. The van der Waals surface area contributed by atoms with E-state index in [1.54, 1.807) is 6.92 Å². The van der Waals surface area contributed by atoms with Gasteiger partial charge in [-0.2, -0.15) is 0 Å². The zero-order chi connectivity index (χ0) is 23.5. The Morgan fingerprint density at radius 2 is 1.75 bits per heavy atom. The van der Waals surface area contributed by atoms with Crippen LogP contribution >= 0.6 is 30.6 Å². The van der Waals surface area contributed by atoms with Crippen molar-refractivity contribution in [2.75, 3.05) is 12.1 Å². The Bertz CT molecular complexity index is 912. The van der Waals surface area contributed by atoms with Crippen molar-refractivity contribution in [1.29, 1.82) is 0 Å². The van der Waals surface area contributed by atoms with E-state index in [9.17, 15) is 4.79 Å². The minimum Gasteiger partial charge on any atom is -0.484 e. The standard InChI is InChI=1S/C22H30N3O3PS3/c1-16(2)25(32-15-23-22(26)28-24-17(3)31-5)29(30)18(4)27-21-13-11-20(12-14-21)19-9-7-6-8-10-19/h6-14,16,18,29H,15H2,1-5H3,(H,23,26). The Morgan fingerprint density at radius 1 is 1.12 bits per heavy atom. The van der Waals surface area contributed by atoms with Crippen molar-refractivity contribution < 1.29 is 14.4 Å². The number of hydrogen-bond acceptors (Lipinski definition) is 7. The molecular formula is C22H30N3O3PS3. The molecule has 0 aliphatic carbocycles. The van der Waals surface area contributed by atoms with Crippen LogP contribution in [0.2, 0.25) is 0 Å². The number of thioether (sulfide) groups is 1. The Hall–Kier alpha value is -1.51. The summed E-state index contributed by atoms with van der Waals surface area (Å²) in [6.45, 7) is 6.48. The summed E-state index contributed by atoms with van der Waals surface area (Å²) in [4.78, 5) is 16.6. The summed E-state index contributed by atoms with van der Waals surface area (Å²) < 4.78 is 8.30. The summed E-state index contributed by atoms with van der Waals surface area (Å²) in [6, 6.07) is 18.5. The van der Waals surface area contributed by atoms with Crippen molar-refractivity contribution in [3.63, 3.8) is 0 Å². The highest BCUT2D eigenvalue weighted by molar-refractivity contribution is 8.13. The number of hydrogen-bond donors (Lipinski definition) is 1. The molecule has 1 amide bonds. The van der Waals surface area contributed by atoms with Crippen molar-refractivity contribution in [3.05, 3.63) is 54.6 Å². The third-order valence-electron chi connectivity index (χ3n) is 4.28. The summed E-state index contributed by atoms with van der Waals surface area (Å²) in [5.41, 5.74) is 2.31. The molecule has 0 saturated heterocycles. The lowest BCUT2D eigenvalue weighted by Gasteiger charge is -2.30. The first-order valence-corrected chi connectivity index (χ1v) is 15.0. The van der Waals surface area contributed by atoms with Crippen LogP contribution in [0.15, 0.2) is 59.8 Å². The molecule has 0 fully saturated rings. The number of carbonyl (C=O) groups excluding carboxylic acids is 1. The van der Waals surface area contributed by atoms with Crippen molar-refractivity contribution in [3.8, 4) is 16.9 Å². The first-order chi connectivity index (χ1) is 15.3. The maximum atomic E-state index is 11.8. The average molecular weight is 512 g/mol. The van der Waals surface area contributed by atoms with Crippen molar-refractivity contribution in [1.82, 2.24) is 9.39 Å². The zero-order valence-corrected chi connectivity index (χ0v) is 22.4. The summed E-state index contributed by atoms with van der Waals surface area (Å²) in [6.07, 6.45) is 1.28. The van der Waals surface area contributed by atoms with Crippen LogP contribution in [-0.4, -0.2) is 39.2 Å². The maximum absolute atomic E-state index is 11.8. The van der Waals surface area contributed by atoms with Crippen molar-refractivity contribution in [2.24, 2.45) is 5.16 Å². The second kappa shape index (κ2) is 13.9. The molecule has 0 aliphatic rings. The number of ether oxygens (including phenoxy) is 1. The number of carbonyl (C=O) groups is 1. The third kappa shape index (κ3) is 8.79. The van der Waals surface area contributed by atoms with Gasteiger partial charge in [-0.25, -0.2) is 8.87 Å². The quantitative estimate of drug-likeness (QED) is 0.0752. The lowest BCUT2D eigenvalue weighted by Crippen LogP contribution is -2.28. The van der Waals surface area contributed by atoms with Crippen LogP contribution in [-0.2, 0) is 16.6 Å². The predicted molar refractivity (Wildman–Crippen MR) is 143 cm³/mol. The van der Waals surface area contributed by atoms with Gasteiger partial charge in [-0.15, -0.1) is 11.8 Å². The SMILES string of the molecule is CSC(C)=NOC(=O)NCSN(C(C)C)[PH](=S)C(C)Oc1ccc(-c2ccccc2)cc1. The molecular weight excluding hydrogens is 481 g/mol. The predicted octanol–water partition coefficient (Wildman–Crippen LogP) is 6.41. The molecule has 0 aliphatic heterocycles. The fourth-order valence-corrected chi connectivity index (χ4v) is 6.83. The van der Waals surface area contributed by atoms with Crippen LogP contribution in [0, 0.1) is 0 Å². The topological polar surface area (TPSA) is 63.2 Å². The lowest BCUT2D eigenvalue weighted by atomic mass is 10.1. The molecule has 0 aromatic heterocycles. The molecule has 0 heterocycles. The van der Waals surface area contributed by atoms with Gasteiger partial charge in [0.15, 0.2) is 0 Å². The Labute approximate surface area is 205 Å².